The van der Waals surface area contributed by atoms with E-state index >= 15 is 0 Å². The molecule has 3 rings (SSSR count). The molecule has 2 aromatic heterocycles. The van der Waals surface area contributed by atoms with Crippen molar-refractivity contribution in [3.63, 3.8) is 0 Å². The molecule has 2 heterocycles. The third-order valence-corrected chi connectivity index (χ3v) is 5.67. The van der Waals surface area contributed by atoms with Crippen molar-refractivity contribution in [2.45, 2.75) is 31.2 Å². The largest absolute Gasteiger partial charge is 0.312 e. The van der Waals surface area contributed by atoms with E-state index in [1.54, 1.807) is 34.9 Å². The number of rotatable bonds is 6. The summed E-state index contributed by atoms with van der Waals surface area (Å²) in [6.45, 7) is 3.77. The summed E-state index contributed by atoms with van der Waals surface area (Å²) in [5.41, 5.74) is 9.04. The molecule has 3 aromatic rings. The highest BCUT2D eigenvalue weighted by molar-refractivity contribution is 7.98. The van der Waals surface area contributed by atoms with Crippen LogP contribution in [0.15, 0.2) is 35.7 Å². The number of hydrazine groups is 1. The number of benzene rings is 1. The number of carbonyl (C=O) groups excluding carboxylic acids is 2. The average molecular weight is 414 g/mol. The maximum atomic E-state index is 12.3. The van der Waals surface area contributed by atoms with Crippen LogP contribution in [-0.4, -0.2) is 36.4 Å². The van der Waals surface area contributed by atoms with Crippen LogP contribution in [-0.2, 0) is 31.1 Å². The van der Waals surface area contributed by atoms with E-state index in [1.165, 1.54) is 0 Å². The van der Waals surface area contributed by atoms with Gasteiger partial charge >= 0.3 is 0 Å². The minimum Gasteiger partial charge on any atom is -0.312 e. The highest BCUT2D eigenvalue weighted by Crippen LogP contribution is 2.20. The second kappa shape index (κ2) is 8.91. The van der Waals surface area contributed by atoms with E-state index in [1.807, 2.05) is 44.6 Å². The lowest BCUT2D eigenvalue weighted by atomic mass is 10.1. The Balaban J connectivity index is 1.50. The van der Waals surface area contributed by atoms with Crippen LogP contribution in [0, 0.1) is 13.8 Å². The Kier molecular flexibility index (Phi) is 6.32. The van der Waals surface area contributed by atoms with E-state index < -0.39 is 0 Å². The summed E-state index contributed by atoms with van der Waals surface area (Å²) in [7, 11) is 3.72. The molecule has 2 amide bonds. The number of nitrogens with one attached hydrogen (secondary N) is 2. The number of hydrogen-bond donors (Lipinski definition) is 2. The predicted molar refractivity (Wildman–Crippen MR) is 109 cm³/mol. The molecule has 0 saturated carbocycles. The number of carbonyl (C=O) groups is 2. The number of nitrogens with zero attached hydrogens (tertiary/aromatic N) is 5. The zero-order chi connectivity index (χ0) is 21.0. The Labute approximate surface area is 172 Å². The molecule has 0 spiro atoms. The zero-order valence-corrected chi connectivity index (χ0v) is 17.6. The Hall–Kier alpha value is -3.14. The van der Waals surface area contributed by atoms with Crippen LogP contribution in [0.4, 0.5) is 0 Å². The van der Waals surface area contributed by atoms with E-state index in [0.717, 1.165) is 33.4 Å². The highest BCUT2D eigenvalue weighted by atomic mass is 32.2. The molecule has 152 valence electrons. The summed E-state index contributed by atoms with van der Waals surface area (Å²) >= 11 is 1.57. The standard InChI is InChI=1S/C19H23N7O2S/c1-12-16(13(2)26(4)24-12)9-17(27)21-22-18(28)15-7-5-14(6-8-15)10-29-19-23-20-11-25(19)3/h5-8,11H,9-10H2,1-4H3,(H,21,27)(H,22,28). The molecular formula is C19H23N7O2S. The van der Waals surface area contributed by atoms with Gasteiger partial charge in [0.2, 0.25) is 5.91 Å². The second-order valence-corrected chi connectivity index (χ2v) is 7.60. The lowest BCUT2D eigenvalue weighted by molar-refractivity contribution is -0.121. The summed E-state index contributed by atoms with van der Waals surface area (Å²) in [5, 5.41) is 13.0. The van der Waals surface area contributed by atoms with E-state index in [4.69, 9.17) is 0 Å². The van der Waals surface area contributed by atoms with Crippen LogP contribution in [0.25, 0.3) is 0 Å². The Morgan fingerprint density at radius 3 is 2.41 bits per heavy atom. The number of aryl methyl sites for hydroxylation is 3. The first kappa shape index (κ1) is 20.6. The van der Waals surface area contributed by atoms with Gasteiger partial charge in [0.1, 0.15) is 6.33 Å². The number of amides is 2. The molecule has 0 aliphatic heterocycles. The Bertz CT molecular complexity index is 1020. The van der Waals surface area contributed by atoms with Crippen molar-refractivity contribution in [3.8, 4) is 0 Å². The van der Waals surface area contributed by atoms with Gasteiger partial charge in [-0.2, -0.15) is 5.10 Å². The first-order chi connectivity index (χ1) is 13.8. The van der Waals surface area contributed by atoms with E-state index in [0.29, 0.717) is 5.56 Å². The minimum atomic E-state index is -0.370. The predicted octanol–water partition coefficient (Wildman–Crippen LogP) is 1.46. The Morgan fingerprint density at radius 2 is 1.83 bits per heavy atom. The molecule has 1 aromatic carbocycles. The van der Waals surface area contributed by atoms with Gasteiger partial charge in [-0.05, 0) is 31.5 Å². The molecule has 0 atom stereocenters. The van der Waals surface area contributed by atoms with Crippen LogP contribution in [0.2, 0.25) is 0 Å². The quantitative estimate of drug-likeness (QED) is 0.468. The molecule has 0 radical (unpaired) electrons. The van der Waals surface area contributed by atoms with Crippen molar-refractivity contribution < 1.29 is 9.59 Å². The molecule has 29 heavy (non-hydrogen) atoms. The third-order valence-electron chi connectivity index (χ3n) is 4.57. The van der Waals surface area contributed by atoms with Gasteiger partial charge in [-0.25, -0.2) is 0 Å². The van der Waals surface area contributed by atoms with Crippen molar-refractivity contribution in [3.05, 3.63) is 58.7 Å². The molecule has 0 aliphatic carbocycles. The lowest BCUT2D eigenvalue weighted by Crippen LogP contribution is -2.42. The Morgan fingerprint density at radius 1 is 1.10 bits per heavy atom. The van der Waals surface area contributed by atoms with Gasteiger partial charge < -0.3 is 4.57 Å². The first-order valence-corrected chi connectivity index (χ1v) is 9.97. The second-order valence-electron chi connectivity index (χ2n) is 6.66. The fraction of sp³-hybridized carbons (Fsp3) is 0.316. The first-order valence-electron chi connectivity index (χ1n) is 8.99. The maximum absolute atomic E-state index is 12.3. The van der Waals surface area contributed by atoms with E-state index in [-0.39, 0.29) is 18.2 Å². The summed E-state index contributed by atoms with van der Waals surface area (Å²) in [5.74, 6) is 0.0503. The van der Waals surface area contributed by atoms with Gasteiger partial charge in [-0.15, -0.1) is 10.2 Å². The topological polar surface area (TPSA) is 107 Å². The van der Waals surface area contributed by atoms with Crippen LogP contribution < -0.4 is 10.9 Å². The molecule has 0 saturated heterocycles. The SMILES string of the molecule is Cc1nn(C)c(C)c1CC(=O)NNC(=O)c1ccc(CSc2nncn2C)cc1. The lowest BCUT2D eigenvalue weighted by Gasteiger charge is -2.08. The molecule has 0 unspecified atom stereocenters. The monoisotopic (exact) mass is 413 g/mol. The fourth-order valence-electron chi connectivity index (χ4n) is 2.78. The molecule has 10 heteroatoms. The van der Waals surface area contributed by atoms with Gasteiger partial charge in [-0.1, -0.05) is 23.9 Å². The van der Waals surface area contributed by atoms with Gasteiger partial charge in [0.15, 0.2) is 5.16 Å². The van der Waals surface area contributed by atoms with Crippen LogP contribution in [0.5, 0.6) is 0 Å². The molecule has 2 N–H and O–H groups in total. The van der Waals surface area contributed by atoms with Crippen molar-refractivity contribution in [2.75, 3.05) is 0 Å². The smallest absolute Gasteiger partial charge is 0.269 e. The van der Waals surface area contributed by atoms with Gasteiger partial charge in [0.25, 0.3) is 5.91 Å². The van der Waals surface area contributed by atoms with Crippen LogP contribution >= 0.6 is 11.8 Å². The third kappa shape index (κ3) is 5.02. The van der Waals surface area contributed by atoms with Crippen molar-refractivity contribution >= 4 is 23.6 Å². The minimum absolute atomic E-state index is 0.157. The van der Waals surface area contributed by atoms with Gasteiger partial charge in [-0.3, -0.25) is 25.1 Å². The summed E-state index contributed by atoms with van der Waals surface area (Å²) < 4.78 is 3.59. The van der Waals surface area contributed by atoms with E-state index in [9.17, 15) is 9.59 Å². The number of hydrogen-bond acceptors (Lipinski definition) is 6. The molecule has 0 aliphatic rings. The number of aromatic nitrogens is 5. The molecule has 9 nitrogen and oxygen atoms in total. The molecule has 0 fully saturated rings. The van der Waals surface area contributed by atoms with Crippen LogP contribution in [0.3, 0.4) is 0 Å². The molecule has 0 bridgehead atoms. The van der Waals surface area contributed by atoms with Crippen molar-refractivity contribution in [1.29, 1.82) is 0 Å². The summed E-state index contributed by atoms with van der Waals surface area (Å²) in [6.07, 6.45) is 1.81. The average Bonchev–Trinajstić information content (AvgIpc) is 3.22. The van der Waals surface area contributed by atoms with E-state index in [2.05, 4.69) is 26.1 Å². The van der Waals surface area contributed by atoms with Crippen LogP contribution in [0.1, 0.15) is 32.9 Å². The molecular weight excluding hydrogens is 390 g/mol. The maximum Gasteiger partial charge on any atom is 0.269 e. The summed E-state index contributed by atoms with van der Waals surface area (Å²) in [6, 6.07) is 7.21. The summed E-state index contributed by atoms with van der Waals surface area (Å²) in [4.78, 5) is 24.4. The van der Waals surface area contributed by atoms with Gasteiger partial charge in [0, 0.05) is 36.7 Å². The fourth-order valence-corrected chi connectivity index (χ4v) is 3.62. The zero-order valence-electron chi connectivity index (χ0n) is 16.8. The van der Waals surface area contributed by atoms with Crippen molar-refractivity contribution in [1.82, 2.24) is 35.4 Å². The van der Waals surface area contributed by atoms with Gasteiger partial charge in [0.05, 0.1) is 12.1 Å². The highest BCUT2D eigenvalue weighted by Gasteiger charge is 2.14. The number of thioether (sulfide) groups is 1. The van der Waals surface area contributed by atoms with Crippen molar-refractivity contribution in [2.24, 2.45) is 14.1 Å². The normalized spacial score (nSPS) is 10.8.